The average Bonchev–Trinajstić information content (AvgIpc) is 2.77. The summed E-state index contributed by atoms with van der Waals surface area (Å²) in [7, 11) is 0. The lowest BCUT2D eigenvalue weighted by Crippen LogP contribution is -2.06. The Morgan fingerprint density at radius 1 is 0.548 bits per heavy atom. The molecule has 31 heavy (non-hydrogen) atoms. The zero-order valence-corrected chi connectivity index (χ0v) is 20.4. The predicted octanol–water partition coefficient (Wildman–Crippen LogP) is 7.86. The molecule has 4 nitrogen and oxygen atoms in total. The molecule has 0 saturated carbocycles. The van der Waals surface area contributed by atoms with Crippen molar-refractivity contribution >= 4 is 11.9 Å². The summed E-state index contributed by atoms with van der Waals surface area (Å²) in [5.41, 5.74) is 0. The van der Waals surface area contributed by atoms with Gasteiger partial charge in [-0.1, -0.05) is 116 Å². The van der Waals surface area contributed by atoms with Gasteiger partial charge in [-0.25, -0.2) is 9.59 Å². The molecule has 0 amide bonds. The highest BCUT2D eigenvalue weighted by molar-refractivity contribution is 5.91. The predicted molar refractivity (Wildman–Crippen MR) is 130 cm³/mol. The van der Waals surface area contributed by atoms with Crippen LogP contribution in [0.2, 0.25) is 0 Å². The Morgan fingerprint density at radius 2 is 0.968 bits per heavy atom. The summed E-state index contributed by atoms with van der Waals surface area (Å²) < 4.78 is 10.1. The molecule has 0 radical (unpaired) electrons. The van der Waals surface area contributed by atoms with Crippen molar-refractivity contribution in [1.82, 2.24) is 0 Å². The topological polar surface area (TPSA) is 52.6 Å². The minimum absolute atomic E-state index is 0.327. The molecule has 0 atom stereocenters. The van der Waals surface area contributed by atoms with Crippen LogP contribution in [0, 0.1) is 0 Å². The maximum absolute atomic E-state index is 11.6. The molecule has 0 N–H and O–H groups in total. The van der Waals surface area contributed by atoms with Crippen LogP contribution in [0.1, 0.15) is 123 Å². The lowest BCUT2D eigenvalue weighted by atomic mass is 10.0. The number of esters is 2. The van der Waals surface area contributed by atoms with Gasteiger partial charge < -0.3 is 9.47 Å². The van der Waals surface area contributed by atoms with Crippen molar-refractivity contribution in [2.75, 3.05) is 13.2 Å². The van der Waals surface area contributed by atoms with E-state index in [1.807, 2.05) is 12.2 Å². The van der Waals surface area contributed by atoms with E-state index in [2.05, 4.69) is 13.8 Å². The molecule has 0 rings (SSSR count). The summed E-state index contributed by atoms with van der Waals surface area (Å²) in [5.74, 6) is -0.984. The number of carbonyl (C=O) groups excluding carboxylic acids is 2. The number of hydrogen-bond acceptors (Lipinski definition) is 4. The summed E-state index contributed by atoms with van der Waals surface area (Å²) in [6.07, 6.45) is 27.6. The first-order chi connectivity index (χ1) is 15.2. The Balaban J connectivity index is 3.34. The minimum atomic E-state index is -0.506. The van der Waals surface area contributed by atoms with E-state index in [0.29, 0.717) is 19.6 Å². The molecule has 0 aliphatic rings. The first-order valence-corrected chi connectivity index (χ1v) is 12.9. The highest BCUT2D eigenvalue weighted by Gasteiger charge is 2.01. The quantitative estimate of drug-likeness (QED) is 0.0750. The zero-order chi connectivity index (χ0) is 22.8. The number of unbranched alkanes of at least 4 members (excludes halogenated alkanes) is 14. The Morgan fingerprint density at radius 3 is 1.42 bits per heavy atom. The zero-order valence-electron chi connectivity index (χ0n) is 20.4. The Kier molecular flexibility index (Phi) is 23.4. The smallest absolute Gasteiger partial charge is 0.331 e. The first kappa shape index (κ1) is 29.4. The summed E-state index contributed by atoms with van der Waals surface area (Å²) in [6, 6.07) is 0. The van der Waals surface area contributed by atoms with E-state index in [4.69, 9.17) is 9.47 Å². The molecule has 180 valence electrons. The van der Waals surface area contributed by atoms with Gasteiger partial charge in [0.25, 0.3) is 0 Å². The number of hydrogen-bond donors (Lipinski definition) is 0. The van der Waals surface area contributed by atoms with E-state index in [1.165, 1.54) is 83.5 Å². The molecule has 0 bridgehead atoms. The molecule has 0 aromatic heterocycles. The van der Waals surface area contributed by atoms with Crippen LogP contribution in [0.25, 0.3) is 0 Å². The lowest BCUT2D eigenvalue weighted by Gasteiger charge is -2.04. The molecular weight excluding hydrogens is 388 g/mol. The number of carbonyl (C=O) groups is 2. The fourth-order valence-electron chi connectivity index (χ4n) is 3.39. The average molecular weight is 437 g/mol. The summed E-state index contributed by atoms with van der Waals surface area (Å²) in [5, 5.41) is 0. The van der Waals surface area contributed by atoms with Gasteiger partial charge in [-0.05, 0) is 19.3 Å². The van der Waals surface area contributed by atoms with Gasteiger partial charge in [0, 0.05) is 12.2 Å². The number of ether oxygens (including phenoxy) is 2. The van der Waals surface area contributed by atoms with Gasteiger partial charge in [-0.3, -0.25) is 0 Å². The van der Waals surface area contributed by atoms with E-state index in [-0.39, 0.29) is 0 Å². The Bertz CT molecular complexity index is 468. The maximum atomic E-state index is 11.6. The molecule has 0 aliphatic carbocycles. The molecule has 0 unspecified atom stereocenters. The third-order valence-electron chi connectivity index (χ3n) is 5.28. The first-order valence-electron chi connectivity index (χ1n) is 12.9. The molecule has 0 fully saturated rings. The van der Waals surface area contributed by atoms with Crippen LogP contribution in [0.15, 0.2) is 24.3 Å². The second kappa shape index (κ2) is 24.7. The molecular formula is C27H48O4. The molecule has 0 heterocycles. The highest BCUT2D eigenvalue weighted by Crippen LogP contribution is 2.13. The molecule has 0 aromatic rings. The SMILES string of the molecule is CC/C=C/CCOC(=O)/C=C/C(=O)OCCCCCCCCCCCCCCCCC. The van der Waals surface area contributed by atoms with Crippen molar-refractivity contribution in [3.8, 4) is 0 Å². The second-order valence-electron chi connectivity index (χ2n) is 8.29. The molecule has 0 aliphatic heterocycles. The Labute approximate surface area is 191 Å². The monoisotopic (exact) mass is 436 g/mol. The normalized spacial score (nSPS) is 11.4. The summed E-state index contributed by atoms with van der Waals surface area (Å²) in [6.45, 7) is 5.06. The minimum Gasteiger partial charge on any atom is -0.463 e. The van der Waals surface area contributed by atoms with E-state index in [1.54, 1.807) is 0 Å². The fourth-order valence-corrected chi connectivity index (χ4v) is 3.39. The van der Waals surface area contributed by atoms with E-state index >= 15 is 0 Å². The fraction of sp³-hybridized carbons (Fsp3) is 0.778. The van der Waals surface area contributed by atoms with Crippen LogP contribution >= 0.6 is 0 Å². The van der Waals surface area contributed by atoms with E-state index < -0.39 is 11.9 Å². The van der Waals surface area contributed by atoms with E-state index in [9.17, 15) is 9.59 Å². The third-order valence-corrected chi connectivity index (χ3v) is 5.28. The molecule has 0 spiro atoms. The molecule has 0 aromatic carbocycles. The number of rotatable bonds is 22. The largest absolute Gasteiger partial charge is 0.463 e. The van der Waals surface area contributed by atoms with Crippen LogP contribution in [-0.4, -0.2) is 25.2 Å². The van der Waals surface area contributed by atoms with Gasteiger partial charge in [-0.15, -0.1) is 0 Å². The van der Waals surface area contributed by atoms with Crippen molar-refractivity contribution in [3.63, 3.8) is 0 Å². The molecule has 4 heteroatoms. The van der Waals surface area contributed by atoms with Crippen LogP contribution in [0.4, 0.5) is 0 Å². The molecule has 0 saturated heterocycles. The van der Waals surface area contributed by atoms with Crippen molar-refractivity contribution in [2.45, 2.75) is 123 Å². The van der Waals surface area contributed by atoms with Crippen molar-refractivity contribution < 1.29 is 19.1 Å². The van der Waals surface area contributed by atoms with Crippen molar-refractivity contribution in [3.05, 3.63) is 24.3 Å². The van der Waals surface area contributed by atoms with Gasteiger partial charge in [-0.2, -0.15) is 0 Å². The van der Waals surface area contributed by atoms with Crippen LogP contribution in [0.3, 0.4) is 0 Å². The highest BCUT2D eigenvalue weighted by atomic mass is 16.5. The van der Waals surface area contributed by atoms with Gasteiger partial charge in [0.05, 0.1) is 13.2 Å². The van der Waals surface area contributed by atoms with Crippen LogP contribution in [-0.2, 0) is 19.1 Å². The van der Waals surface area contributed by atoms with Gasteiger partial charge >= 0.3 is 11.9 Å². The van der Waals surface area contributed by atoms with Gasteiger partial charge in [0.1, 0.15) is 0 Å². The van der Waals surface area contributed by atoms with Crippen molar-refractivity contribution in [1.29, 1.82) is 0 Å². The summed E-state index contributed by atoms with van der Waals surface area (Å²) >= 11 is 0. The Hall–Kier alpha value is -1.58. The lowest BCUT2D eigenvalue weighted by molar-refractivity contribution is -0.140. The third kappa shape index (κ3) is 24.6. The summed E-state index contributed by atoms with van der Waals surface area (Å²) in [4.78, 5) is 23.0. The van der Waals surface area contributed by atoms with E-state index in [0.717, 1.165) is 31.4 Å². The standard InChI is InChI=1S/C27H48O4/c1-3-5-7-9-10-11-12-13-14-15-16-17-18-19-21-25-31-27(29)23-22-26(28)30-24-20-8-6-4-2/h6,8,22-23H,3-5,7,9-21,24-25H2,1-2H3/b8-6+,23-22+. The van der Waals surface area contributed by atoms with Gasteiger partial charge in [0.15, 0.2) is 0 Å². The van der Waals surface area contributed by atoms with Crippen LogP contribution < -0.4 is 0 Å². The van der Waals surface area contributed by atoms with Crippen molar-refractivity contribution in [2.24, 2.45) is 0 Å². The van der Waals surface area contributed by atoms with Gasteiger partial charge in [0.2, 0.25) is 0 Å². The maximum Gasteiger partial charge on any atom is 0.331 e. The number of allylic oxidation sites excluding steroid dienone is 1. The second-order valence-corrected chi connectivity index (χ2v) is 8.29. The van der Waals surface area contributed by atoms with Crippen LogP contribution in [0.5, 0.6) is 0 Å².